The van der Waals surface area contributed by atoms with Gasteiger partial charge in [0.1, 0.15) is 6.33 Å². The zero-order chi connectivity index (χ0) is 19.3. The van der Waals surface area contributed by atoms with Gasteiger partial charge in [-0.1, -0.05) is 0 Å². The van der Waals surface area contributed by atoms with Crippen molar-refractivity contribution in [3.05, 3.63) is 30.6 Å². The van der Waals surface area contributed by atoms with Gasteiger partial charge in [0.25, 0.3) is 0 Å². The van der Waals surface area contributed by atoms with Crippen molar-refractivity contribution in [2.75, 3.05) is 33.4 Å². The van der Waals surface area contributed by atoms with Crippen molar-refractivity contribution in [3.63, 3.8) is 0 Å². The first kappa shape index (κ1) is 19.4. The van der Waals surface area contributed by atoms with Crippen LogP contribution in [0.5, 0.6) is 0 Å². The predicted octanol–water partition coefficient (Wildman–Crippen LogP) is -0.174. The highest BCUT2D eigenvalue weighted by Crippen LogP contribution is 2.24. The highest BCUT2D eigenvalue weighted by Gasteiger charge is 2.33. The van der Waals surface area contributed by atoms with Crippen LogP contribution in [0, 0.1) is 5.92 Å². The number of ether oxygens (including phenoxy) is 1. The molecule has 0 saturated carbocycles. The van der Waals surface area contributed by atoms with E-state index in [0.717, 1.165) is 0 Å². The lowest BCUT2D eigenvalue weighted by Crippen LogP contribution is -2.45. The molecule has 27 heavy (non-hydrogen) atoms. The molecule has 1 fully saturated rings. The van der Waals surface area contributed by atoms with Gasteiger partial charge in [-0.15, -0.1) is 5.10 Å². The second-order valence-corrected chi connectivity index (χ2v) is 8.17. The Morgan fingerprint density at radius 3 is 2.78 bits per heavy atom. The van der Waals surface area contributed by atoms with Crippen LogP contribution in [0.1, 0.15) is 12.8 Å². The molecular formula is C16H22N6O4S. The molecule has 0 radical (unpaired) electrons. The number of methoxy groups -OCH3 is 1. The second kappa shape index (κ2) is 8.55. The van der Waals surface area contributed by atoms with Crippen LogP contribution in [0.2, 0.25) is 0 Å². The number of nitrogens with one attached hydrogen (secondary N) is 1. The van der Waals surface area contributed by atoms with Crippen LogP contribution >= 0.6 is 0 Å². The molecule has 2 aromatic rings. The number of aromatic nitrogens is 4. The second-order valence-electron chi connectivity index (χ2n) is 6.23. The van der Waals surface area contributed by atoms with Gasteiger partial charge in [-0.05, 0) is 47.5 Å². The lowest BCUT2D eigenvalue weighted by molar-refractivity contribution is -0.126. The Bertz CT molecular complexity index is 854. The molecule has 146 valence electrons. The summed E-state index contributed by atoms with van der Waals surface area (Å²) >= 11 is 0. The van der Waals surface area contributed by atoms with E-state index < -0.39 is 10.0 Å². The van der Waals surface area contributed by atoms with Crippen molar-refractivity contribution in [3.8, 4) is 5.69 Å². The molecule has 1 N–H and O–H groups in total. The van der Waals surface area contributed by atoms with Crippen LogP contribution in [-0.4, -0.2) is 72.2 Å². The van der Waals surface area contributed by atoms with Crippen LogP contribution in [0.15, 0.2) is 35.5 Å². The first-order valence-electron chi connectivity index (χ1n) is 8.62. The fraction of sp³-hybridized carbons (Fsp3) is 0.500. The Morgan fingerprint density at radius 1 is 1.33 bits per heavy atom. The molecule has 1 aliphatic heterocycles. The number of piperidine rings is 1. The molecule has 1 saturated heterocycles. The monoisotopic (exact) mass is 394 g/mol. The third-order valence-corrected chi connectivity index (χ3v) is 6.33. The molecule has 0 unspecified atom stereocenters. The minimum atomic E-state index is -3.67. The molecule has 0 spiro atoms. The first-order valence-corrected chi connectivity index (χ1v) is 10.1. The molecule has 1 amide bonds. The smallest absolute Gasteiger partial charge is 0.243 e. The van der Waals surface area contributed by atoms with Crippen molar-refractivity contribution in [2.24, 2.45) is 5.92 Å². The summed E-state index contributed by atoms with van der Waals surface area (Å²) < 4.78 is 33.6. The third-order valence-electron chi connectivity index (χ3n) is 4.45. The standard InChI is InChI=1S/C16H22N6O4S/c1-26-10-8-17-16(23)13-3-2-9-21(11-13)27(24,25)15-6-4-14(5-7-15)22-12-18-19-20-22/h4-7,12-13H,2-3,8-11H2,1H3,(H,17,23)/t13-/m1/s1. The predicted molar refractivity (Wildman–Crippen MR) is 95.5 cm³/mol. The number of nitrogens with zero attached hydrogens (tertiary/aromatic N) is 5. The quantitative estimate of drug-likeness (QED) is 0.647. The van der Waals surface area contributed by atoms with Crippen molar-refractivity contribution < 1.29 is 17.9 Å². The van der Waals surface area contributed by atoms with E-state index in [1.807, 2.05) is 0 Å². The first-order chi connectivity index (χ1) is 13.0. The highest BCUT2D eigenvalue weighted by atomic mass is 32.2. The topological polar surface area (TPSA) is 119 Å². The number of hydrogen-bond donors (Lipinski definition) is 1. The SMILES string of the molecule is COCCNC(=O)[C@@H]1CCCN(S(=O)(=O)c2ccc(-n3cnnn3)cc2)C1. The van der Waals surface area contributed by atoms with E-state index in [-0.39, 0.29) is 23.3 Å². The van der Waals surface area contributed by atoms with Crippen LogP contribution in [-0.2, 0) is 19.6 Å². The van der Waals surface area contributed by atoms with Crippen LogP contribution in [0.4, 0.5) is 0 Å². The summed E-state index contributed by atoms with van der Waals surface area (Å²) in [4.78, 5) is 12.4. The fourth-order valence-electron chi connectivity index (χ4n) is 2.99. The van der Waals surface area contributed by atoms with Crippen molar-refractivity contribution >= 4 is 15.9 Å². The zero-order valence-electron chi connectivity index (χ0n) is 15.0. The number of hydrogen-bond acceptors (Lipinski definition) is 7. The number of benzene rings is 1. The minimum absolute atomic E-state index is 0.138. The number of amides is 1. The number of tetrazole rings is 1. The molecule has 10 nitrogen and oxygen atoms in total. The van der Waals surface area contributed by atoms with E-state index in [4.69, 9.17) is 4.74 Å². The molecule has 2 heterocycles. The molecule has 1 aliphatic rings. The molecule has 11 heteroatoms. The highest BCUT2D eigenvalue weighted by molar-refractivity contribution is 7.89. The Labute approximate surface area is 157 Å². The van der Waals surface area contributed by atoms with Gasteiger partial charge >= 0.3 is 0 Å². The summed E-state index contributed by atoms with van der Waals surface area (Å²) in [6, 6.07) is 6.33. The van der Waals surface area contributed by atoms with E-state index in [1.165, 1.54) is 27.4 Å². The van der Waals surface area contributed by atoms with Crippen molar-refractivity contribution in [1.29, 1.82) is 0 Å². The van der Waals surface area contributed by atoms with Crippen LogP contribution in [0.25, 0.3) is 5.69 Å². The minimum Gasteiger partial charge on any atom is -0.383 e. The van der Waals surface area contributed by atoms with Crippen LogP contribution < -0.4 is 5.32 Å². The Morgan fingerprint density at radius 2 is 2.11 bits per heavy atom. The largest absolute Gasteiger partial charge is 0.383 e. The van der Waals surface area contributed by atoms with Crippen LogP contribution in [0.3, 0.4) is 0 Å². The average Bonchev–Trinajstić information content (AvgIpc) is 3.23. The zero-order valence-corrected chi connectivity index (χ0v) is 15.8. The molecule has 3 rings (SSSR count). The van der Waals surface area contributed by atoms with Gasteiger partial charge < -0.3 is 10.1 Å². The van der Waals surface area contributed by atoms with E-state index >= 15 is 0 Å². The summed E-state index contributed by atoms with van der Waals surface area (Å²) in [7, 11) is -2.11. The lowest BCUT2D eigenvalue weighted by Gasteiger charge is -2.31. The van der Waals surface area contributed by atoms with E-state index in [1.54, 1.807) is 19.2 Å². The Hall–Kier alpha value is -2.37. The Kier molecular flexibility index (Phi) is 6.14. The maximum atomic E-state index is 12.9. The van der Waals surface area contributed by atoms with Gasteiger partial charge in [-0.3, -0.25) is 4.79 Å². The molecule has 1 atom stereocenters. The molecular weight excluding hydrogens is 372 g/mol. The summed E-state index contributed by atoms with van der Waals surface area (Å²) in [5, 5.41) is 13.7. The van der Waals surface area contributed by atoms with Crippen molar-refractivity contribution in [1.82, 2.24) is 29.8 Å². The fourth-order valence-corrected chi connectivity index (χ4v) is 4.52. The van der Waals surface area contributed by atoms with Gasteiger partial charge in [0, 0.05) is 26.7 Å². The summed E-state index contributed by atoms with van der Waals surface area (Å²) in [5.74, 6) is -0.494. The average molecular weight is 394 g/mol. The summed E-state index contributed by atoms with van der Waals surface area (Å²) in [5.41, 5.74) is 0.660. The van der Waals surface area contributed by atoms with E-state index in [0.29, 0.717) is 38.2 Å². The number of carbonyl (C=O) groups is 1. The number of sulfonamides is 1. The van der Waals surface area contributed by atoms with Gasteiger partial charge in [-0.2, -0.15) is 4.31 Å². The van der Waals surface area contributed by atoms with Gasteiger partial charge in [0.05, 0.1) is 23.1 Å². The summed E-state index contributed by atoms with van der Waals surface area (Å²) in [6.45, 7) is 1.42. The maximum absolute atomic E-state index is 12.9. The maximum Gasteiger partial charge on any atom is 0.243 e. The lowest BCUT2D eigenvalue weighted by atomic mass is 9.99. The molecule has 1 aromatic carbocycles. The van der Waals surface area contributed by atoms with Gasteiger partial charge in [-0.25, -0.2) is 13.1 Å². The van der Waals surface area contributed by atoms with E-state index in [9.17, 15) is 13.2 Å². The van der Waals surface area contributed by atoms with E-state index in [2.05, 4.69) is 20.8 Å². The van der Waals surface area contributed by atoms with Crippen molar-refractivity contribution in [2.45, 2.75) is 17.7 Å². The van der Waals surface area contributed by atoms with Gasteiger partial charge in [0.2, 0.25) is 15.9 Å². The number of rotatable bonds is 7. The Balaban J connectivity index is 1.69. The summed E-state index contributed by atoms with van der Waals surface area (Å²) in [6.07, 6.45) is 2.74. The molecule has 0 bridgehead atoms. The third kappa shape index (κ3) is 4.49. The normalized spacial score (nSPS) is 18.3. The molecule has 0 aliphatic carbocycles. The number of carbonyl (C=O) groups excluding carboxylic acids is 1. The molecule has 1 aromatic heterocycles. The van der Waals surface area contributed by atoms with Gasteiger partial charge in [0.15, 0.2) is 0 Å².